The molecular weight excluding hydrogens is 813 g/mol. The van der Waals surface area contributed by atoms with Gasteiger partial charge in [0.1, 0.15) is 38.8 Å². The third-order valence-electron chi connectivity index (χ3n) is 8.92. The Labute approximate surface area is 344 Å². The van der Waals surface area contributed by atoms with E-state index in [1.807, 2.05) is 20.8 Å². The number of amides is 1. The maximum atomic E-state index is 13.6. The van der Waals surface area contributed by atoms with E-state index in [1.165, 1.54) is 38.5 Å². The van der Waals surface area contributed by atoms with Gasteiger partial charge in [-0.1, -0.05) is 27.2 Å². The van der Waals surface area contributed by atoms with Gasteiger partial charge in [0.15, 0.2) is 23.6 Å². The van der Waals surface area contributed by atoms with Crippen molar-refractivity contribution < 1.29 is 57.6 Å². The second-order valence-corrected chi connectivity index (χ2v) is 18.1. The van der Waals surface area contributed by atoms with Crippen LogP contribution < -0.4 is 5.32 Å². The van der Waals surface area contributed by atoms with Gasteiger partial charge in [-0.15, -0.1) is 45.9 Å². The third-order valence-corrected chi connectivity index (χ3v) is 11.1. The lowest BCUT2D eigenvalue weighted by atomic mass is 9.92. The molecule has 0 unspecified atom stereocenters. The Morgan fingerprint density at radius 3 is 2.25 bits per heavy atom. The number of thiazole rings is 2. The van der Waals surface area contributed by atoms with E-state index in [1.54, 1.807) is 6.92 Å². The van der Waals surface area contributed by atoms with Crippen molar-refractivity contribution in [3.05, 3.63) is 32.2 Å². The van der Waals surface area contributed by atoms with Gasteiger partial charge in [0.05, 0.1) is 18.4 Å². The smallest absolute Gasteiger partial charge is 0.358 e. The fourth-order valence-corrected chi connectivity index (χ4v) is 7.73. The molecular formula is C37H51Cl2N3O12S2. The Bertz CT molecular complexity index is 1690. The fourth-order valence-electron chi connectivity index (χ4n) is 5.67. The van der Waals surface area contributed by atoms with Crippen LogP contribution in [0.3, 0.4) is 0 Å². The van der Waals surface area contributed by atoms with Crippen LogP contribution in [0.1, 0.15) is 144 Å². The standard InChI is InChI=1S/C37H51Cl2N3O12S2/c1-9-12-27(44)42-29(19(3)10-2)25(51-21(5)43)15-28(45)52-26-16-50-34(47)22-17-56-32(41-22)30(36(6,7)49)54-33(46)20(4)24(13-11-14-37(8,38)39)53-35(48)23-18-55-31(26)40-23/h17-20,24-26,29-30,49H,9-16H2,1-8H3,(H,42,44)/t19-,20-,24-,25+,26+,29-,30+/m0/s1. The molecule has 3 rings (SSSR count). The summed E-state index contributed by atoms with van der Waals surface area (Å²) in [7, 11) is 0. The minimum atomic E-state index is -1.66. The molecule has 1 aliphatic heterocycles. The average Bonchev–Trinajstić information content (AvgIpc) is 3.79. The number of rotatable bonds is 15. The molecule has 7 atom stereocenters. The highest BCUT2D eigenvalue weighted by molar-refractivity contribution is 7.10. The van der Waals surface area contributed by atoms with Gasteiger partial charge in [0.25, 0.3) is 0 Å². The molecule has 19 heteroatoms. The van der Waals surface area contributed by atoms with Crippen molar-refractivity contribution in [2.24, 2.45) is 11.8 Å². The monoisotopic (exact) mass is 863 g/mol. The van der Waals surface area contributed by atoms with Crippen molar-refractivity contribution in [2.45, 2.75) is 141 Å². The number of aliphatic hydroxyl groups is 1. The molecule has 2 aromatic rings. The van der Waals surface area contributed by atoms with Crippen molar-refractivity contribution in [3.8, 4) is 0 Å². The summed E-state index contributed by atoms with van der Waals surface area (Å²) in [5.41, 5.74) is -2.01. The summed E-state index contributed by atoms with van der Waals surface area (Å²) in [6, 6.07) is -0.726. The van der Waals surface area contributed by atoms with Gasteiger partial charge in [-0.2, -0.15) is 0 Å². The first-order valence-corrected chi connectivity index (χ1v) is 20.9. The zero-order valence-corrected chi connectivity index (χ0v) is 35.9. The van der Waals surface area contributed by atoms with Crippen molar-refractivity contribution in [1.29, 1.82) is 0 Å². The van der Waals surface area contributed by atoms with E-state index in [2.05, 4.69) is 15.3 Å². The van der Waals surface area contributed by atoms with Gasteiger partial charge in [-0.05, 0) is 59.3 Å². The van der Waals surface area contributed by atoms with Crippen LogP contribution in [-0.2, 0) is 42.9 Å². The first-order chi connectivity index (χ1) is 26.1. The molecule has 2 N–H and O–H groups in total. The van der Waals surface area contributed by atoms with E-state index >= 15 is 0 Å². The van der Waals surface area contributed by atoms with E-state index in [4.69, 9.17) is 46.9 Å². The van der Waals surface area contributed by atoms with Crippen LogP contribution >= 0.6 is 45.9 Å². The molecule has 312 valence electrons. The Kier molecular flexibility index (Phi) is 17.5. The van der Waals surface area contributed by atoms with E-state index in [0.29, 0.717) is 25.7 Å². The lowest BCUT2D eigenvalue weighted by molar-refractivity contribution is -0.171. The topological polar surface area (TPSA) is 207 Å². The SMILES string of the molecule is CCCC(=O)N[C@@H]([C@@H](C)CC)[C@@H](CC(=O)O[C@@H]1COC(=O)c2csc(n2)[C@H](C(C)(C)O)OC(=O)[C@@H](C)[C@H](CCCC(C)(Cl)Cl)OC(=O)c2csc1n2)OC(C)=O. The van der Waals surface area contributed by atoms with Crippen LogP contribution in [0, 0.1) is 11.8 Å². The molecule has 3 heterocycles. The van der Waals surface area contributed by atoms with Crippen LogP contribution in [0.25, 0.3) is 0 Å². The predicted octanol–water partition coefficient (Wildman–Crippen LogP) is 6.59. The highest BCUT2D eigenvalue weighted by Crippen LogP contribution is 2.35. The van der Waals surface area contributed by atoms with Crippen molar-refractivity contribution in [3.63, 3.8) is 0 Å². The van der Waals surface area contributed by atoms with E-state index in [0.717, 1.165) is 22.7 Å². The molecule has 0 aromatic carbocycles. The number of hydrogen-bond acceptors (Lipinski definition) is 16. The first kappa shape index (κ1) is 47.0. The Hall–Kier alpha value is -3.38. The molecule has 0 fully saturated rings. The van der Waals surface area contributed by atoms with Crippen LogP contribution in [-0.4, -0.2) is 85.6 Å². The van der Waals surface area contributed by atoms with E-state index in [-0.39, 0.29) is 46.1 Å². The number of nitrogens with one attached hydrogen (secondary N) is 1. The maximum absolute atomic E-state index is 13.6. The molecule has 0 aliphatic carbocycles. The number of hydrogen-bond donors (Lipinski definition) is 2. The van der Waals surface area contributed by atoms with Gasteiger partial charge < -0.3 is 34.1 Å². The third kappa shape index (κ3) is 14.2. The quantitative estimate of drug-likeness (QED) is 0.110. The zero-order chi connectivity index (χ0) is 42.0. The second kappa shape index (κ2) is 20.9. The highest BCUT2D eigenvalue weighted by atomic mass is 35.5. The number of alkyl halides is 2. The number of aromatic nitrogens is 2. The lowest BCUT2D eigenvalue weighted by Crippen LogP contribution is -2.49. The number of fused-ring (bicyclic) bond motifs is 4. The van der Waals surface area contributed by atoms with Gasteiger partial charge in [-0.3, -0.25) is 19.2 Å². The summed E-state index contributed by atoms with van der Waals surface area (Å²) < 4.78 is 27.3. The summed E-state index contributed by atoms with van der Waals surface area (Å²) >= 11 is 14.2. The molecule has 1 amide bonds. The molecule has 0 saturated heterocycles. The molecule has 4 bridgehead atoms. The number of cyclic esters (lactones) is 3. The minimum Gasteiger partial charge on any atom is -0.460 e. The molecule has 56 heavy (non-hydrogen) atoms. The number of carbonyl (C=O) groups excluding carboxylic acids is 6. The van der Waals surface area contributed by atoms with Crippen molar-refractivity contribution in [1.82, 2.24) is 15.3 Å². The molecule has 2 aromatic heterocycles. The summed E-state index contributed by atoms with van der Waals surface area (Å²) in [6.07, 6.45) is -3.07. The van der Waals surface area contributed by atoms with Crippen LogP contribution in [0.4, 0.5) is 0 Å². The van der Waals surface area contributed by atoms with Crippen LogP contribution in [0.15, 0.2) is 10.8 Å². The number of ether oxygens (including phenoxy) is 5. The zero-order valence-electron chi connectivity index (χ0n) is 32.8. The number of halogens is 2. The number of carbonyl (C=O) groups is 6. The maximum Gasteiger partial charge on any atom is 0.358 e. The van der Waals surface area contributed by atoms with E-state index in [9.17, 15) is 33.9 Å². The Morgan fingerprint density at radius 1 is 1.04 bits per heavy atom. The highest BCUT2D eigenvalue weighted by Gasteiger charge is 2.40. The number of nitrogens with zero attached hydrogens (tertiary/aromatic N) is 2. The molecule has 0 radical (unpaired) electrons. The molecule has 1 aliphatic rings. The summed E-state index contributed by atoms with van der Waals surface area (Å²) in [6.45, 7) is 12.1. The second-order valence-electron chi connectivity index (χ2n) is 14.5. The minimum absolute atomic E-state index is 0.0614. The predicted molar refractivity (Wildman–Crippen MR) is 207 cm³/mol. The summed E-state index contributed by atoms with van der Waals surface area (Å²) in [5.74, 6) is -5.71. The van der Waals surface area contributed by atoms with Crippen LogP contribution in [0.5, 0.6) is 0 Å². The fraction of sp³-hybridized carbons (Fsp3) is 0.676. The van der Waals surface area contributed by atoms with Crippen molar-refractivity contribution >= 4 is 81.6 Å². The van der Waals surface area contributed by atoms with Gasteiger partial charge in [0, 0.05) is 24.1 Å². The Morgan fingerprint density at radius 2 is 1.66 bits per heavy atom. The Balaban J connectivity index is 2.01. The average molecular weight is 865 g/mol. The largest absolute Gasteiger partial charge is 0.460 e. The van der Waals surface area contributed by atoms with Crippen molar-refractivity contribution in [2.75, 3.05) is 6.61 Å². The van der Waals surface area contributed by atoms with E-state index < -0.39 is 89.2 Å². The molecule has 15 nitrogen and oxygen atoms in total. The molecule has 0 saturated carbocycles. The van der Waals surface area contributed by atoms with Gasteiger partial charge in [-0.25, -0.2) is 19.6 Å². The first-order valence-electron chi connectivity index (χ1n) is 18.4. The lowest BCUT2D eigenvalue weighted by Gasteiger charge is -2.31. The summed E-state index contributed by atoms with van der Waals surface area (Å²) in [4.78, 5) is 87.4. The van der Waals surface area contributed by atoms with Gasteiger partial charge >= 0.3 is 29.8 Å². The van der Waals surface area contributed by atoms with Gasteiger partial charge in [0.2, 0.25) is 5.91 Å². The van der Waals surface area contributed by atoms with Crippen LogP contribution in [0.2, 0.25) is 0 Å². The summed E-state index contributed by atoms with van der Waals surface area (Å²) in [5, 5.41) is 16.8. The normalized spacial score (nSPS) is 21.4. The molecule has 0 spiro atoms. The number of esters is 5.